The molecule has 1 amide bonds. The van der Waals surface area contributed by atoms with Crippen molar-refractivity contribution in [3.8, 4) is 6.07 Å². The molecule has 0 aromatic carbocycles. The summed E-state index contributed by atoms with van der Waals surface area (Å²) in [6.45, 7) is 0.481. The standard InChI is InChI=1S/C9H10N4O/c1-11-9(14)3-2-4-13-7-8(5-10)6-12-13/h2-3,6-7H,4H2,1H3,(H,11,14). The lowest BCUT2D eigenvalue weighted by Crippen LogP contribution is -2.14. The van der Waals surface area contributed by atoms with Crippen LogP contribution in [0.2, 0.25) is 0 Å². The Labute approximate surface area is 81.6 Å². The largest absolute Gasteiger partial charge is 0.356 e. The van der Waals surface area contributed by atoms with Crippen LogP contribution in [0, 0.1) is 11.3 Å². The van der Waals surface area contributed by atoms with Crippen molar-refractivity contribution in [2.24, 2.45) is 0 Å². The van der Waals surface area contributed by atoms with Gasteiger partial charge in [0, 0.05) is 19.3 Å². The molecule has 1 N–H and O–H groups in total. The molecule has 0 saturated carbocycles. The topological polar surface area (TPSA) is 70.7 Å². The molecule has 1 heterocycles. The Bertz CT molecular complexity index is 386. The van der Waals surface area contributed by atoms with Crippen LogP contribution in [0.3, 0.4) is 0 Å². The van der Waals surface area contributed by atoms with Gasteiger partial charge in [0.2, 0.25) is 5.91 Å². The lowest BCUT2D eigenvalue weighted by atomic mass is 10.4. The Morgan fingerprint density at radius 2 is 2.64 bits per heavy atom. The predicted molar refractivity (Wildman–Crippen MR) is 50.1 cm³/mol. The van der Waals surface area contributed by atoms with Crippen LogP contribution < -0.4 is 5.32 Å². The molecule has 1 aromatic heterocycles. The molecule has 0 aliphatic carbocycles. The number of aromatic nitrogens is 2. The average molecular weight is 190 g/mol. The van der Waals surface area contributed by atoms with Crippen molar-refractivity contribution in [2.75, 3.05) is 7.05 Å². The lowest BCUT2D eigenvalue weighted by molar-refractivity contribution is -0.116. The third kappa shape index (κ3) is 2.75. The van der Waals surface area contributed by atoms with E-state index in [2.05, 4.69) is 10.4 Å². The number of carbonyl (C=O) groups is 1. The van der Waals surface area contributed by atoms with Gasteiger partial charge in [0.05, 0.1) is 18.3 Å². The smallest absolute Gasteiger partial charge is 0.243 e. The quantitative estimate of drug-likeness (QED) is 0.685. The minimum atomic E-state index is -0.155. The van der Waals surface area contributed by atoms with E-state index in [-0.39, 0.29) is 5.91 Å². The van der Waals surface area contributed by atoms with Gasteiger partial charge in [-0.05, 0) is 0 Å². The van der Waals surface area contributed by atoms with Crippen molar-refractivity contribution in [1.29, 1.82) is 5.26 Å². The van der Waals surface area contributed by atoms with Gasteiger partial charge in [-0.2, -0.15) is 10.4 Å². The van der Waals surface area contributed by atoms with Gasteiger partial charge in [0.15, 0.2) is 0 Å². The van der Waals surface area contributed by atoms with Crippen LogP contribution >= 0.6 is 0 Å². The zero-order valence-electron chi connectivity index (χ0n) is 7.77. The fourth-order valence-corrected chi connectivity index (χ4v) is 0.872. The highest BCUT2D eigenvalue weighted by atomic mass is 16.1. The monoisotopic (exact) mass is 190 g/mol. The van der Waals surface area contributed by atoms with Crippen molar-refractivity contribution in [3.63, 3.8) is 0 Å². The molecular weight excluding hydrogens is 180 g/mol. The Morgan fingerprint density at radius 1 is 1.86 bits per heavy atom. The summed E-state index contributed by atoms with van der Waals surface area (Å²) in [5.41, 5.74) is 0.512. The summed E-state index contributed by atoms with van der Waals surface area (Å²) in [7, 11) is 1.56. The summed E-state index contributed by atoms with van der Waals surface area (Å²) in [5.74, 6) is -0.155. The Balaban J connectivity index is 2.50. The fraction of sp³-hybridized carbons (Fsp3) is 0.222. The van der Waals surface area contributed by atoms with Crippen LogP contribution in [-0.4, -0.2) is 22.7 Å². The molecule has 0 fully saturated rings. The van der Waals surface area contributed by atoms with Crippen LogP contribution in [0.5, 0.6) is 0 Å². The molecule has 0 unspecified atom stereocenters. The van der Waals surface area contributed by atoms with Crippen LogP contribution in [0.15, 0.2) is 24.5 Å². The zero-order chi connectivity index (χ0) is 10.4. The Hall–Kier alpha value is -2.09. The molecular formula is C9H10N4O. The summed E-state index contributed by atoms with van der Waals surface area (Å²) in [4.78, 5) is 10.8. The number of hydrogen-bond donors (Lipinski definition) is 1. The first kappa shape index (κ1) is 9.99. The van der Waals surface area contributed by atoms with E-state index >= 15 is 0 Å². The van der Waals surface area contributed by atoms with Crippen molar-refractivity contribution in [2.45, 2.75) is 6.54 Å². The highest BCUT2D eigenvalue weighted by molar-refractivity contribution is 5.87. The molecule has 5 nitrogen and oxygen atoms in total. The first-order valence-corrected chi connectivity index (χ1v) is 4.07. The fourth-order valence-electron chi connectivity index (χ4n) is 0.872. The van der Waals surface area contributed by atoms with Crippen LogP contribution in [0.25, 0.3) is 0 Å². The maximum atomic E-state index is 10.8. The third-order valence-electron chi connectivity index (χ3n) is 1.57. The van der Waals surface area contributed by atoms with Gasteiger partial charge >= 0.3 is 0 Å². The molecule has 0 atom stereocenters. The summed E-state index contributed by atoms with van der Waals surface area (Å²) in [5, 5.41) is 14.9. The van der Waals surface area contributed by atoms with Crippen molar-refractivity contribution < 1.29 is 4.79 Å². The Kier molecular flexibility index (Phi) is 3.44. The molecule has 72 valence electrons. The van der Waals surface area contributed by atoms with Gasteiger partial charge in [-0.1, -0.05) is 6.08 Å². The summed E-state index contributed by atoms with van der Waals surface area (Å²) >= 11 is 0. The first-order valence-electron chi connectivity index (χ1n) is 4.07. The molecule has 0 aliphatic heterocycles. The maximum absolute atomic E-state index is 10.8. The molecule has 0 radical (unpaired) electrons. The molecule has 0 aliphatic rings. The van der Waals surface area contributed by atoms with E-state index in [1.54, 1.807) is 24.0 Å². The normalized spacial score (nSPS) is 10.0. The van der Waals surface area contributed by atoms with Gasteiger partial charge in [0.25, 0.3) is 0 Å². The molecule has 14 heavy (non-hydrogen) atoms. The summed E-state index contributed by atoms with van der Waals surface area (Å²) < 4.78 is 1.58. The number of hydrogen-bond acceptors (Lipinski definition) is 3. The maximum Gasteiger partial charge on any atom is 0.243 e. The second kappa shape index (κ2) is 4.82. The van der Waals surface area contributed by atoms with Crippen LogP contribution in [0.1, 0.15) is 5.56 Å². The third-order valence-corrected chi connectivity index (χ3v) is 1.57. The van der Waals surface area contributed by atoms with Gasteiger partial charge in [-0.3, -0.25) is 9.48 Å². The van der Waals surface area contributed by atoms with Crippen molar-refractivity contribution >= 4 is 5.91 Å². The average Bonchev–Trinajstić information content (AvgIpc) is 2.65. The van der Waals surface area contributed by atoms with E-state index in [9.17, 15) is 4.79 Å². The number of carbonyl (C=O) groups excluding carboxylic acids is 1. The molecule has 5 heteroatoms. The summed E-state index contributed by atoms with van der Waals surface area (Å²) in [6.07, 6.45) is 6.20. The SMILES string of the molecule is CNC(=O)C=CCn1cc(C#N)cn1. The second-order valence-electron chi connectivity index (χ2n) is 2.58. The number of rotatable bonds is 3. The first-order chi connectivity index (χ1) is 6.76. The number of nitrogens with zero attached hydrogens (tertiary/aromatic N) is 3. The highest BCUT2D eigenvalue weighted by Crippen LogP contribution is 1.94. The van der Waals surface area contributed by atoms with E-state index in [0.29, 0.717) is 12.1 Å². The van der Waals surface area contributed by atoms with Crippen LogP contribution in [-0.2, 0) is 11.3 Å². The molecule has 1 rings (SSSR count). The number of nitriles is 1. The number of allylic oxidation sites excluding steroid dienone is 1. The van der Waals surface area contributed by atoms with Crippen LogP contribution in [0.4, 0.5) is 0 Å². The van der Waals surface area contributed by atoms with Crippen molar-refractivity contribution in [3.05, 3.63) is 30.1 Å². The second-order valence-corrected chi connectivity index (χ2v) is 2.58. The Morgan fingerprint density at radius 3 is 3.21 bits per heavy atom. The summed E-state index contributed by atoms with van der Waals surface area (Å²) in [6, 6.07) is 1.97. The van der Waals surface area contributed by atoms with E-state index < -0.39 is 0 Å². The number of likely N-dealkylation sites (N-methyl/N-ethyl adjacent to an activating group) is 1. The molecule has 0 bridgehead atoms. The number of amides is 1. The van der Waals surface area contributed by atoms with E-state index in [1.807, 2.05) is 6.07 Å². The zero-order valence-corrected chi connectivity index (χ0v) is 7.77. The van der Waals surface area contributed by atoms with Gasteiger partial charge < -0.3 is 5.32 Å². The molecule has 1 aromatic rings. The molecule has 0 saturated heterocycles. The van der Waals surface area contributed by atoms with Crippen molar-refractivity contribution in [1.82, 2.24) is 15.1 Å². The lowest BCUT2D eigenvalue weighted by Gasteiger charge is -1.93. The van der Waals surface area contributed by atoms with E-state index in [0.717, 1.165) is 0 Å². The highest BCUT2D eigenvalue weighted by Gasteiger charge is 1.94. The van der Waals surface area contributed by atoms with E-state index in [4.69, 9.17) is 5.26 Å². The number of nitrogens with one attached hydrogen (secondary N) is 1. The van der Waals surface area contributed by atoms with Gasteiger partial charge in [-0.25, -0.2) is 0 Å². The minimum Gasteiger partial charge on any atom is -0.356 e. The van der Waals surface area contributed by atoms with Gasteiger partial charge in [-0.15, -0.1) is 0 Å². The van der Waals surface area contributed by atoms with Gasteiger partial charge in [0.1, 0.15) is 6.07 Å². The molecule has 0 spiro atoms. The predicted octanol–water partition coefficient (Wildman–Crippen LogP) is 0.0570. The van der Waals surface area contributed by atoms with E-state index in [1.165, 1.54) is 12.3 Å². The minimum absolute atomic E-state index is 0.155.